The minimum absolute atomic E-state index is 0.0630. The van der Waals surface area contributed by atoms with Gasteiger partial charge in [0, 0.05) is 0 Å². The van der Waals surface area contributed by atoms with Crippen molar-refractivity contribution in [2.45, 2.75) is 33.2 Å². The van der Waals surface area contributed by atoms with Gasteiger partial charge < -0.3 is 9.47 Å². The van der Waals surface area contributed by atoms with E-state index >= 15 is 0 Å². The fraction of sp³-hybridized carbons (Fsp3) is 0.241. The molecular weight excluding hydrogens is 456 g/mol. The summed E-state index contributed by atoms with van der Waals surface area (Å²) in [6, 6.07) is 23.7. The van der Waals surface area contributed by atoms with E-state index < -0.39 is 0 Å². The van der Waals surface area contributed by atoms with Crippen LogP contribution in [0.15, 0.2) is 82.7 Å². The number of hydrogen-bond acceptors (Lipinski definition) is 5. The lowest BCUT2D eigenvalue weighted by molar-refractivity contribution is -0.122. The zero-order valence-electron chi connectivity index (χ0n) is 20.4. The molecule has 1 amide bonds. The van der Waals surface area contributed by atoms with Crippen LogP contribution in [0.4, 0.5) is 5.69 Å². The number of hydrogen-bond donors (Lipinski definition) is 0. The number of amides is 1. The van der Waals surface area contributed by atoms with Gasteiger partial charge in [-0.1, -0.05) is 67.4 Å². The third-order valence-corrected chi connectivity index (χ3v) is 6.58. The van der Waals surface area contributed by atoms with Crippen molar-refractivity contribution in [2.75, 3.05) is 13.7 Å². The monoisotopic (exact) mass is 486 g/mol. The Hall–Kier alpha value is -3.51. The van der Waals surface area contributed by atoms with E-state index in [2.05, 4.69) is 6.92 Å². The Balaban J connectivity index is 1.63. The molecule has 1 saturated heterocycles. The molecule has 0 radical (unpaired) electrons. The van der Waals surface area contributed by atoms with Gasteiger partial charge in [-0.15, -0.1) is 0 Å². The van der Waals surface area contributed by atoms with E-state index in [-0.39, 0.29) is 5.91 Å². The van der Waals surface area contributed by atoms with Crippen LogP contribution in [0.2, 0.25) is 0 Å². The lowest BCUT2D eigenvalue weighted by Crippen LogP contribution is -2.28. The number of aliphatic imine (C=N–C) groups is 1. The summed E-state index contributed by atoms with van der Waals surface area (Å²) < 4.78 is 11.4. The normalized spacial score (nSPS) is 15.7. The molecule has 35 heavy (non-hydrogen) atoms. The summed E-state index contributed by atoms with van der Waals surface area (Å²) in [6.45, 7) is 5.28. The minimum atomic E-state index is -0.0630. The predicted molar refractivity (Wildman–Crippen MR) is 144 cm³/mol. The van der Waals surface area contributed by atoms with Gasteiger partial charge in [-0.05, 0) is 66.6 Å². The summed E-state index contributed by atoms with van der Waals surface area (Å²) in [5.74, 6) is 1.30. The highest BCUT2D eigenvalue weighted by Gasteiger charge is 2.33. The Morgan fingerprint density at radius 2 is 1.77 bits per heavy atom. The van der Waals surface area contributed by atoms with Gasteiger partial charge in [0.05, 0.1) is 30.9 Å². The van der Waals surface area contributed by atoms with Crippen LogP contribution >= 0.6 is 11.8 Å². The van der Waals surface area contributed by atoms with Crippen LogP contribution in [0.25, 0.3) is 6.08 Å². The molecule has 0 N–H and O–H groups in total. The third-order valence-electron chi connectivity index (χ3n) is 5.57. The fourth-order valence-electron chi connectivity index (χ4n) is 3.60. The Morgan fingerprint density at radius 3 is 2.49 bits per heavy atom. The van der Waals surface area contributed by atoms with E-state index in [1.165, 1.54) is 17.3 Å². The second kappa shape index (κ2) is 11.8. The lowest BCUT2D eigenvalue weighted by Gasteiger charge is -2.15. The van der Waals surface area contributed by atoms with Gasteiger partial charge in [0.15, 0.2) is 16.7 Å². The molecule has 1 fully saturated rings. The molecule has 0 aliphatic carbocycles. The molecule has 1 heterocycles. The maximum Gasteiger partial charge on any atom is 0.267 e. The van der Waals surface area contributed by atoms with Crippen LogP contribution in [0.1, 0.15) is 36.5 Å². The van der Waals surface area contributed by atoms with Crippen molar-refractivity contribution >= 4 is 34.6 Å². The number of carbonyl (C=O) groups excluding carboxylic acids is 1. The van der Waals surface area contributed by atoms with Gasteiger partial charge in [-0.25, -0.2) is 4.99 Å². The highest BCUT2D eigenvalue weighted by Crippen LogP contribution is 2.36. The summed E-state index contributed by atoms with van der Waals surface area (Å²) >= 11 is 1.39. The fourth-order valence-corrected chi connectivity index (χ4v) is 4.60. The molecule has 180 valence electrons. The van der Waals surface area contributed by atoms with Crippen LogP contribution in [-0.2, 0) is 11.3 Å². The first-order chi connectivity index (χ1) is 17.1. The van der Waals surface area contributed by atoms with Crippen molar-refractivity contribution in [3.8, 4) is 11.5 Å². The number of carbonyl (C=O) groups is 1. The maximum absolute atomic E-state index is 13.5. The minimum Gasteiger partial charge on any atom is -0.493 e. The van der Waals surface area contributed by atoms with Crippen LogP contribution in [-0.4, -0.2) is 29.7 Å². The molecule has 5 nitrogen and oxygen atoms in total. The number of rotatable bonds is 9. The van der Waals surface area contributed by atoms with Gasteiger partial charge in [0.1, 0.15) is 0 Å². The van der Waals surface area contributed by atoms with Crippen LogP contribution in [0.5, 0.6) is 11.5 Å². The molecule has 3 aromatic carbocycles. The highest BCUT2D eigenvalue weighted by atomic mass is 32.2. The Labute approximate surface area is 211 Å². The average molecular weight is 487 g/mol. The standard InChI is InChI=1S/C29H30N2O3S/c1-4-5-17-34-25-16-13-23(18-26(25)33-3)19-27-28(32)31(20-22-9-7-6-8-10-22)29(35-27)30-24-14-11-21(2)12-15-24/h6-16,18-19H,4-5,17,20H2,1-3H3/b27-19+,30-29?. The number of methoxy groups -OCH3 is 1. The average Bonchev–Trinajstić information content (AvgIpc) is 3.15. The molecule has 0 aromatic heterocycles. The number of ether oxygens (including phenoxy) is 2. The number of amidine groups is 1. The first-order valence-corrected chi connectivity index (χ1v) is 12.6. The van der Waals surface area contributed by atoms with E-state index in [1.54, 1.807) is 12.0 Å². The molecule has 0 spiro atoms. The number of thioether (sulfide) groups is 1. The van der Waals surface area contributed by atoms with Crippen molar-refractivity contribution in [3.05, 3.63) is 94.4 Å². The lowest BCUT2D eigenvalue weighted by atomic mass is 10.1. The molecule has 6 heteroatoms. The number of nitrogens with zero attached hydrogens (tertiary/aromatic N) is 2. The summed E-state index contributed by atoms with van der Waals surface area (Å²) in [5, 5.41) is 0.667. The number of aryl methyl sites for hydroxylation is 1. The SMILES string of the molecule is CCCCOc1ccc(/C=C2/SC(=Nc3ccc(C)cc3)N(Cc3ccccc3)C2=O)cc1OC. The number of unbranched alkanes of at least 4 members (excludes halogenated alkanes) is 1. The summed E-state index contributed by atoms with van der Waals surface area (Å²) in [6.07, 6.45) is 3.94. The molecular formula is C29H30N2O3S. The van der Waals surface area contributed by atoms with Crippen LogP contribution in [0.3, 0.4) is 0 Å². The van der Waals surface area contributed by atoms with Gasteiger partial charge in [-0.3, -0.25) is 9.69 Å². The van der Waals surface area contributed by atoms with Crippen LogP contribution < -0.4 is 9.47 Å². The van der Waals surface area contributed by atoms with E-state index in [0.29, 0.717) is 34.7 Å². The Kier molecular flexibility index (Phi) is 8.27. The van der Waals surface area contributed by atoms with Gasteiger partial charge in [0.25, 0.3) is 5.91 Å². The maximum atomic E-state index is 13.5. The third kappa shape index (κ3) is 6.34. The van der Waals surface area contributed by atoms with Crippen LogP contribution in [0, 0.1) is 6.92 Å². The quantitative estimate of drug-likeness (QED) is 0.242. The first-order valence-electron chi connectivity index (χ1n) is 11.8. The molecule has 4 rings (SSSR count). The molecule has 0 bridgehead atoms. The van der Waals surface area contributed by atoms with E-state index in [4.69, 9.17) is 14.5 Å². The molecule has 0 atom stereocenters. The number of benzene rings is 3. The topological polar surface area (TPSA) is 51.1 Å². The van der Waals surface area contributed by atoms with Crippen molar-refractivity contribution < 1.29 is 14.3 Å². The second-order valence-corrected chi connectivity index (χ2v) is 9.34. The largest absolute Gasteiger partial charge is 0.493 e. The van der Waals surface area contributed by atoms with E-state index in [9.17, 15) is 4.79 Å². The van der Waals surface area contributed by atoms with Crippen molar-refractivity contribution in [3.63, 3.8) is 0 Å². The molecule has 1 aliphatic rings. The highest BCUT2D eigenvalue weighted by molar-refractivity contribution is 8.18. The van der Waals surface area contributed by atoms with E-state index in [1.807, 2.05) is 85.8 Å². The van der Waals surface area contributed by atoms with Gasteiger partial charge in [-0.2, -0.15) is 0 Å². The molecule has 1 aliphatic heterocycles. The van der Waals surface area contributed by atoms with Crippen molar-refractivity contribution in [2.24, 2.45) is 4.99 Å². The molecule has 0 unspecified atom stereocenters. The first kappa shape index (κ1) is 24.6. The second-order valence-electron chi connectivity index (χ2n) is 8.33. The van der Waals surface area contributed by atoms with Crippen molar-refractivity contribution in [1.29, 1.82) is 0 Å². The predicted octanol–water partition coefficient (Wildman–Crippen LogP) is 6.99. The van der Waals surface area contributed by atoms with E-state index in [0.717, 1.165) is 29.7 Å². The smallest absolute Gasteiger partial charge is 0.267 e. The summed E-state index contributed by atoms with van der Waals surface area (Å²) in [4.78, 5) is 20.6. The molecule has 3 aromatic rings. The van der Waals surface area contributed by atoms with Gasteiger partial charge >= 0.3 is 0 Å². The zero-order chi connectivity index (χ0) is 24.6. The van der Waals surface area contributed by atoms with Crippen molar-refractivity contribution in [1.82, 2.24) is 4.90 Å². The Bertz CT molecular complexity index is 1220. The van der Waals surface area contributed by atoms with Gasteiger partial charge in [0.2, 0.25) is 0 Å². The Morgan fingerprint density at radius 1 is 1.00 bits per heavy atom. The molecule has 0 saturated carbocycles. The zero-order valence-corrected chi connectivity index (χ0v) is 21.2. The summed E-state index contributed by atoms with van der Waals surface area (Å²) in [7, 11) is 1.63. The summed E-state index contributed by atoms with van der Waals surface area (Å²) in [5.41, 5.74) is 3.91.